The molecule has 0 spiro atoms. The summed E-state index contributed by atoms with van der Waals surface area (Å²) in [7, 11) is 0. The number of nitrogens with zero attached hydrogens (tertiary/aromatic N) is 3. The van der Waals surface area contributed by atoms with Gasteiger partial charge in [-0.05, 0) is 41.7 Å². The fourth-order valence-corrected chi connectivity index (χ4v) is 3.39. The number of benzene rings is 1. The van der Waals surface area contributed by atoms with Crippen LogP contribution >= 0.6 is 11.8 Å². The minimum Gasteiger partial charge on any atom is -0.317 e. The summed E-state index contributed by atoms with van der Waals surface area (Å²) in [4.78, 5) is 17.0. The molecule has 0 radical (unpaired) electrons. The van der Waals surface area contributed by atoms with E-state index >= 15 is 0 Å². The largest absolute Gasteiger partial charge is 0.317 e. The number of hydrogen-bond donors (Lipinski definition) is 1. The second-order valence-corrected chi connectivity index (χ2v) is 7.87. The molecule has 9 heteroatoms. The first-order valence-corrected chi connectivity index (χ1v) is 10.4. The lowest BCUT2D eigenvalue weighted by atomic mass is 10.1. The number of aromatic nitrogens is 3. The number of fused-ring (bicyclic) bond motifs is 1. The van der Waals surface area contributed by atoms with E-state index in [1.54, 1.807) is 18.3 Å². The molecule has 162 valence electrons. The quantitative estimate of drug-likeness (QED) is 0.463. The number of carbonyl (C=O) groups excluding carboxylic acids is 1. The van der Waals surface area contributed by atoms with Crippen molar-refractivity contribution in [2.75, 3.05) is 0 Å². The number of carbonyl (C=O) groups is 1. The van der Waals surface area contributed by atoms with Crippen molar-refractivity contribution >= 4 is 23.3 Å². The van der Waals surface area contributed by atoms with Crippen LogP contribution in [0.5, 0.6) is 0 Å². The first-order chi connectivity index (χ1) is 14.8. The third kappa shape index (κ3) is 5.35. The molecule has 1 unspecified atom stereocenters. The van der Waals surface area contributed by atoms with Crippen LogP contribution in [0.4, 0.5) is 13.2 Å². The summed E-state index contributed by atoms with van der Waals surface area (Å²) in [5.41, 5.74) is -0.122. The third-order valence-corrected chi connectivity index (χ3v) is 5.29. The molecule has 3 rings (SSSR count). The minimum atomic E-state index is -2.90. The van der Waals surface area contributed by atoms with Gasteiger partial charge in [-0.1, -0.05) is 44.7 Å². The Kier molecular flexibility index (Phi) is 7.17. The maximum Gasteiger partial charge on any atom is 0.264 e. The Bertz CT molecular complexity index is 1140. The average Bonchev–Trinajstić information content (AvgIpc) is 3.17. The second kappa shape index (κ2) is 9.82. The minimum absolute atomic E-state index is 0.00149. The number of alkyl halides is 2. The molecule has 5 nitrogen and oxygen atoms in total. The van der Waals surface area contributed by atoms with Gasteiger partial charge in [0.05, 0.1) is 10.6 Å². The number of amides is 1. The van der Waals surface area contributed by atoms with Gasteiger partial charge in [0.2, 0.25) is 0 Å². The zero-order valence-electron chi connectivity index (χ0n) is 17.0. The van der Waals surface area contributed by atoms with E-state index in [0.717, 1.165) is 18.6 Å². The zero-order chi connectivity index (χ0) is 22.5. The van der Waals surface area contributed by atoms with Crippen LogP contribution in [0.1, 0.15) is 42.6 Å². The van der Waals surface area contributed by atoms with E-state index < -0.39 is 23.7 Å². The van der Waals surface area contributed by atoms with E-state index in [1.165, 1.54) is 22.3 Å². The number of halogens is 3. The number of rotatable bonds is 8. The van der Waals surface area contributed by atoms with Crippen molar-refractivity contribution in [3.63, 3.8) is 0 Å². The van der Waals surface area contributed by atoms with E-state index in [0.29, 0.717) is 10.9 Å². The standard InChI is InChI=1S/C22H21F3N4OS/c1-4-13(2)9-11-31-14(3)26-22(30)17-6-5-10-29-21(17)27-20(28-29)16-8-7-15(23)12-18(16)19(24)25/h5-13,19H,3-4H2,1-2H3,(H,26,30)/b11-9-. The predicted molar refractivity (Wildman–Crippen MR) is 116 cm³/mol. The summed E-state index contributed by atoms with van der Waals surface area (Å²) in [6.07, 6.45) is 1.68. The van der Waals surface area contributed by atoms with Crippen LogP contribution in [0, 0.1) is 11.7 Å². The van der Waals surface area contributed by atoms with Crippen molar-refractivity contribution < 1.29 is 18.0 Å². The van der Waals surface area contributed by atoms with Crippen LogP contribution < -0.4 is 5.32 Å². The Morgan fingerprint density at radius 3 is 2.84 bits per heavy atom. The topological polar surface area (TPSA) is 59.3 Å². The van der Waals surface area contributed by atoms with Crippen molar-refractivity contribution in [3.05, 3.63) is 76.6 Å². The fraction of sp³-hybridized carbons (Fsp3) is 0.227. The lowest BCUT2D eigenvalue weighted by Crippen LogP contribution is -2.21. The van der Waals surface area contributed by atoms with Crippen LogP contribution in [0.15, 0.2) is 59.6 Å². The highest BCUT2D eigenvalue weighted by atomic mass is 32.2. The van der Waals surface area contributed by atoms with Crippen LogP contribution in [-0.4, -0.2) is 20.5 Å². The molecular formula is C22H21F3N4OS. The highest BCUT2D eigenvalue weighted by Gasteiger charge is 2.20. The molecular weight excluding hydrogens is 425 g/mol. The average molecular weight is 446 g/mol. The summed E-state index contributed by atoms with van der Waals surface area (Å²) >= 11 is 1.29. The first-order valence-electron chi connectivity index (χ1n) is 9.57. The normalized spacial score (nSPS) is 12.6. The van der Waals surface area contributed by atoms with Crippen molar-refractivity contribution in [2.45, 2.75) is 26.7 Å². The smallest absolute Gasteiger partial charge is 0.264 e. The van der Waals surface area contributed by atoms with Crippen LogP contribution in [-0.2, 0) is 0 Å². The molecule has 0 fully saturated rings. The van der Waals surface area contributed by atoms with E-state index in [1.807, 2.05) is 11.5 Å². The first kappa shape index (κ1) is 22.6. The molecule has 31 heavy (non-hydrogen) atoms. The Morgan fingerprint density at radius 1 is 1.35 bits per heavy atom. The van der Waals surface area contributed by atoms with Gasteiger partial charge in [-0.3, -0.25) is 4.79 Å². The maximum absolute atomic E-state index is 13.4. The molecule has 0 aliphatic carbocycles. The predicted octanol–water partition coefficient (Wildman–Crippen LogP) is 5.97. The van der Waals surface area contributed by atoms with Gasteiger partial charge in [0, 0.05) is 17.3 Å². The Labute approximate surface area is 182 Å². The molecule has 1 aromatic carbocycles. The van der Waals surface area contributed by atoms with Gasteiger partial charge in [0.1, 0.15) is 5.82 Å². The Morgan fingerprint density at radius 2 is 2.13 bits per heavy atom. The molecule has 0 saturated carbocycles. The molecule has 1 N–H and O–H groups in total. The Balaban J connectivity index is 1.87. The summed E-state index contributed by atoms with van der Waals surface area (Å²) in [5.74, 6) is -0.836. The summed E-state index contributed by atoms with van der Waals surface area (Å²) in [6, 6.07) is 6.17. The summed E-state index contributed by atoms with van der Waals surface area (Å²) < 4.78 is 41.5. The van der Waals surface area contributed by atoms with E-state index in [2.05, 4.69) is 35.8 Å². The maximum atomic E-state index is 13.4. The molecule has 2 aromatic heterocycles. The van der Waals surface area contributed by atoms with E-state index in [4.69, 9.17) is 0 Å². The summed E-state index contributed by atoms with van der Waals surface area (Å²) in [6.45, 7) is 8.00. The van der Waals surface area contributed by atoms with Gasteiger partial charge < -0.3 is 5.32 Å². The molecule has 1 amide bonds. The number of pyridine rings is 1. The monoisotopic (exact) mass is 446 g/mol. The Hall–Kier alpha value is -3.07. The van der Waals surface area contributed by atoms with Crippen LogP contribution in [0.25, 0.3) is 17.0 Å². The van der Waals surface area contributed by atoms with Gasteiger partial charge in [0.15, 0.2) is 11.5 Å². The second-order valence-electron chi connectivity index (χ2n) is 6.87. The molecule has 0 aliphatic rings. The lowest BCUT2D eigenvalue weighted by Gasteiger charge is -2.07. The molecule has 0 saturated heterocycles. The molecule has 3 aromatic rings. The van der Waals surface area contributed by atoms with Crippen molar-refractivity contribution in [1.29, 1.82) is 0 Å². The van der Waals surface area contributed by atoms with Gasteiger partial charge in [-0.15, -0.1) is 5.10 Å². The van der Waals surface area contributed by atoms with Crippen molar-refractivity contribution in [3.8, 4) is 11.4 Å². The number of allylic oxidation sites excluding steroid dienone is 1. The van der Waals surface area contributed by atoms with Gasteiger partial charge >= 0.3 is 0 Å². The number of thioether (sulfide) groups is 1. The number of nitrogens with one attached hydrogen (secondary N) is 1. The zero-order valence-corrected chi connectivity index (χ0v) is 17.8. The molecule has 2 heterocycles. The van der Waals surface area contributed by atoms with Gasteiger partial charge in [0.25, 0.3) is 12.3 Å². The van der Waals surface area contributed by atoms with Crippen molar-refractivity contribution in [1.82, 2.24) is 19.9 Å². The van der Waals surface area contributed by atoms with E-state index in [9.17, 15) is 18.0 Å². The summed E-state index contributed by atoms with van der Waals surface area (Å²) in [5, 5.41) is 9.18. The fourth-order valence-electron chi connectivity index (χ4n) is 2.73. The van der Waals surface area contributed by atoms with Crippen molar-refractivity contribution in [2.24, 2.45) is 5.92 Å². The van der Waals surface area contributed by atoms with Gasteiger partial charge in [-0.2, -0.15) is 0 Å². The number of hydrogen-bond acceptors (Lipinski definition) is 4. The molecule has 0 aliphatic heterocycles. The highest BCUT2D eigenvalue weighted by molar-refractivity contribution is 8.05. The molecule has 0 bridgehead atoms. The van der Waals surface area contributed by atoms with Crippen LogP contribution in [0.2, 0.25) is 0 Å². The highest BCUT2D eigenvalue weighted by Crippen LogP contribution is 2.30. The third-order valence-electron chi connectivity index (χ3n) is 4.61. The van der Waals surface area contributed by atoms with Crippen LogP contribution in [0.3, 0.4) is 0 Å². The van der Waals surface area contributed by atoms with E-state index in [-0.39, 0.29) is 22.6 Å². The lowest BCUT2D eigenvalue weighted by molar-refractivity contribution is 0.0970. The SMILES string of the molecule is C=C(NC(=O)c1cccn2nc(-c3ccc(F)cc3C(F)F)nc12)S/C=C\C(C)CC. The molecule has 1 atom stereocenters. The van der Waals surface area contributed by atoms with Gasteiger partial charge in [-0.25, -0.2) is 22.7 Å².